The molecule has 2 aliphatic heterocycles. The van der Waals surface area contributed by atoms with Crippen LogP contribution in [0.2, 0.25) is 0 Å². The monoisotopic (exact) mass is 408 g/mol. The molecule has 8 heteroatoms. The fraction of sp³-hybridized carbons (Fsp3) is 0.409. The van der Waals surface area contributed by atoms with Crippen molar-refractivity contribution in [1.82, 2.24) is 24.6 Å². The molecule has 156 valence electrons. The second kappa shape index (κ2) is 7.36. The van der Waals surface area contributed by atoms with Gasteiger partial charge in [0.25, 0.3) is 0 Å². The maximum absolute atomic E-state index is 15.1. The molecular weight excluding hydrogens is 383 g/mol. The van der Waals surface area contributed by atoms with Crippen LogP contribution in [0.5, 0.6) is 5.75 Å². The third kappa shape index (κ3) is 3.11. The quantitative estimate of drug-likeness (QED) is 0.716. The van der Waals surface area contributed by atoms with E-state index >= 15 is 4.39 Å². The number of fused-ring (bicyclic) bond motifs is 3. The Morgan fingerprint density at radius 1 is 1.17 bits per heavy atom. The third-order valence-electron chi connectivity index (χ3n) is 6.62. The van der Waals surface area contributed by atoms with Gasteiger partial charge in [-0.1, -0.05) is 0 Å². The fourth-order valence-electron chi connectivity index (χ4n) is 5.02. The SMILES string of the molecule is CN1CC2CCC1[C@@H](F)[C@@H]2N(C)c1ccc(-c2ccc(-n3ccnc3)cc2O)nn1. The standard InChI is InChI=1S/C22H25FN6O/c1-27-12-14-3-7-18(27)21(23)22(14)28(2)20-8-6-17(25-26-20)16-5-4-15(11-19(16)30)29-10-9-24-13-29/h4-6,8-11,13-14,18,21-22,30H,3,7,12H2,1-2H3/t14?,18?,21-,22-/m1/s1. The summed E-state index contributed by atoms with van der Waals surface area (Å²) in [4.78, 5) is 8.11. The maximum Gasteiger partial charge on any atom is 0.151 e. The molecule has 1 aromatic carbocycles. The second-order valence-electron chi connectivity index (χ2n) is 8.34. The number of nitrogens with zero attached hydrogens (tertiary/aromatic N) is 6. The number of hydrogen-bond acceptors (Lipinski definition) is 6. The normalized spacial score (nSPS) is 26.1. The van der Waals surface area contributed by atoms with Crippen LogP contribution in [0.4, 0.5) is 10.2 Å². The maximum atomic E-state index is 15.1. The van der Waals surface area contributed by atoms with Crippen LogP contribution in [0.25, 0.3) is 16.9 Å². The van der Waals surface area contributed by atoms with Crippen LogP contribution in [0.3, 0.4) is 0 Å². The highest BCUT2D eigenvalue weighted by Gasteiger charge is 2.48. The summed E-state index contributed by atoms with van der Waals surface area (Å²) in [5.41, 5.74) is 1.98. The number of aromatic nitrogens is 4. The number of rotatable bonds is 4. The van der Waals surface area contributed by atoms with E-state index in [9.17, 15) is 5.11 Å². The van der Waals surface area contributed by atoms with Crippen LogP contribution in [-0.2, 0) is 0 Å². The van der Waals surface area contributed by atoms with Gasteiger partial charge in [0.1, 0.15) is 11.9 Å². The molecule has 3 aromatic rings. The molecule has 6 rings (SSSR count). The average molecular weight is 408 g/mol. The van der Waals surface area contributed by atoms with Crippen LogP contribution in [0.15, 0.2) is 49.1 Å². The molecule has 4 heterocycles. The third-order valence-corrected chi connectivity index (χ3v) is 6.62. The predicted molar refractivity (Wildman–Crippen MR) is 112 cm³/mol. The molecule has 2 unspecified atom stereocenters. The Morgan fingerprint density at radius 3 is 2.67 bits per heavy atom. The van der Waals surface area contributed by atoms with Gasteiger partial charge in [0.2, 0.25) is 0 Å². The number of halogens is 1. The van der Waals surface area contributed by atoms with E-state index in [1.54, 1.807) is 18.6 Å². The Kier molecular flexibility index (Phi) is 4.66. The second-order valence-corrected chi connectivity index (χ2v) is 8.34. The van der Waals surface area contributed by atoms with E-state index in [1.165, 1.54) is 0 Å². The van der Waals surface area contributed by atoms with Crippen molar-refractivity contribution in [3.8, 4) is 22.7 Å². The lowest BCUT2D eigenvalue weighted by molar-refractivity contribution is -0.0177. The molecule has 2 saturated heterocycles. The molecule has 0 amide bonds. The lowest BCUT2D eigenvalue weighted by Crippen LogP contribution is -2.64. The van der Waals surface area contributed by atoms with Crippen molar-refractivity contribution in [2.45, 2.75) is 31.1 Å². The summed E-state index contributed by atoms with van der Waals surface area (Å²) in [6, 6.07) is 8.85. The lowest BCUT2D eigenvalue weighted by Gasteiger charge is -2.52. The van der Waals surface area contributed by atoms with Gasteiger partial charge in [-0.3, -0.25) is 0 Å². The molecule has 2 bridgehead atoms. The first-order valence-corrected chi connectivity index (χ1v) is 10.3. The van der Waals surface area contributed by atoms with Gasteiger partial charge >= 0.3 is 0 Å². The highest BCUT2D eigenvalue weighted by molar-refractivity contribution is 5.69. The summed E-state index contributed by atoms with van der Waals surface area (Å²) in [6.07, 6.45) is 6.25. The Morgan fingerprint density at radius 2 is 2.03 bits per heavy atom. The highest BCUT2D eigenvalue weighted by Crippen LogP contribution is 2.39. The van der Waals surface area contributed by atoms with Crippen LogP contribution >= 0.6 is 0 Å². The summed E-state index contributed by atoms with van der Waals surface area (Å²) in [7, 11) is 3.91. The Balaban J connectivity index is 1.37. The predicted octanol–water partition coefficient (Wildman–Crippen LogP) is 2.90. The highest BCUT2D eigenvalue weighted by atomic mass is 19.1. The summed E-state index contributed by atoms with van der Waals surface area (Å²) in [5, 5.41) is 19.2. The minimum atomic E-state index is -0.895. The number of hydrogen-bond donors (Lipinski definition) is 1. The minimum absolute atomic E-state index is 0.0133. The van der Waals surface area contributed by atoms with Gasteiger partial charge in [-0.25, -0.2) is 9.37 Å². The zero-order valence-corrected chi connectivity index (χ0v) is 17.1. The zero-order valence-electron chi connectivity index (χ0n) is 17.1. The van der Waals surface area contributed by atoms with E-state index < -0.39 is 6.17 Å². The van der Waals surface area contributed by atoms with Crippen LogP contribution < -0.4 is 4.90 Å². The molecule has 0 radical (unpaired) electrons. The van der Waals surface area contributed by atoms with Crippen molar-refractivity contribution in [3.63, 3.8) is 0 Å². The molecule has 3 fully saturated rings. The number of imidazole rings is 1. The molecule has 1 aliphatic carbocycles. The Labute approximate surface area is 174 Å². The van der Waals surface area contributed by atoms with Crippen molar-refractivity contribution in [2.75, 3.05) is 25.5 Å². The molecule has 1 N–H and O–H groups in total. The van der Waals surface area contributed by atoms with E-state index in [0.717, 1.165) is 25.1 Å². The van der Waals surface area contributed by atoms with Crippen molar-refractivity contribution < 1.29 is 9.50 Å². The fourth-order valence-corrected chi connectivity index (χ4v) is 5.02. The molecule has 0 spiro atoms. The number of benzene rings is 1. The largest absolute Gasteiger partial charge is 0.507 e. The summed E-state index contributed by atoms with van der Waals surface area (Å²) >= 11 is 0. The zero-order chi connectivity index (χ0) is 20.8. The van der Waals surface area contributed by atoms with Gasteiger partial charge in [-0.2, -0.15) is 0 Å². The van der Waals surface area contributed by atoms with Crippen LogP contribution in [-0.4, -0.2) is 68.7 Å². The average Bonchev–Trinajstić information content (AvgIpc) is 3.29. The van der Waals surface area contributed by atoms with E-state index in [2.05, 4.69) is 20.1 Å². The Hall–Kier alpha value is -3.00. The van der Waals surface area contributed by atoms with E-state index in [0.29, 0.717) is 23.0 Å². The van der Waals surface area contributed by atoms with Crippen molar-refractivity contribution >= 4 is 5.82 Å². The molecule has 1 saturated carbocycles. The van der Waals surface area contributed by atoms with Crippen molar-refractivity contribution in [2.24, 2.45) is 5.92 Å². The van der Waals surface area contributed by atoms with Gasteiger partial charge < -0.3 is 19.5 Å². The first-order chi connectivity index (χ1) is 14.5. The van der Waals surface area contributed by atoms with E-state index in [-0.39, 0.29) is 17.8 Å². The molecular formula is C22H25FN6O. The first-order valence-electron chi connectivity index (χ1n) is 10.3. The number of anilines is 1. The van der Waals surface area contributed by atoms with Gasteiger partial charge in [-0.05, 0) is 50.1 Å². The number of piperidine rings is 2. The lowest BCUT2D eigenvalue weighted by atomic mass is 9.74. The van der Waals surface area contributed by atoms with Crippen LogP contribution in [0.1, 0.15) is 12.8 Å². The number of phenolic OH excluding ortho intramolecular Hbond substituents is 1. The van der Waals surface area contributed by atoms with Gasteiger partial charge in [-0.15, -0.1) is 10.2 Å². The molecule has 3 aliphatic rings. The van der Waals surface area contributed by atoms with Gasteiger partial charge in [0.15, 0.2) is 5.82 Å². The molecule has 7 nitrogen and oxygen atoms in total. The summed E-state index contributed by atoms with van der Waals surface area (Å²) < 4.78 is 16.9. The molecule has 2 aromatic heterocycles. The van der Waals surface area contributed by atoms with E-state index in [4.69, 9.17) is 0 Å². The first kappa shape index (κ1) is 19.0. The minimum Gasteiger partial charge on any atom is -0.507 e. The number of phenols is 1. The van der Waals surface area contributed by atoms with Gasteiger partial charge in [0.05, 0.1) is 23.8 Å². The van der Waals surface area contributed by atoms with Crippen molar-refractivity contribution in [1.29, 1.82) is 0 Å². The molecule has 4 atom stereocenters. The number of alkyl halides is 1. The van der Waals surface area contributed by atoms with Crippen molar-refractivity contribution in [3.05, 3.63) is 49.1 Å². The number of aromatic hydroxyl groups is 1. The topological polar surface area (TPSA) is 70.3 Å². The molecule has 30 heavy (non-hydrogen) atoms. The van der Waals surface area contributed by atoms with E-state index in [1.807, 2.05) is 54.0 Å². The summed E-state index contributed by atoms with van der Waals surface area (Å²) in [5.74, 6) is 1.06. The summed E-state index contributed by atoms with van der Waals surface area (Å²) in [6.45, 7) is 0.919. The van der Waals surface area contributed by atoms with Gasteiger partial charge in [0, 0.05) is 43.7 Å². The Bertz CT molecular complexity index is 1020. The van der Waals surface area contributed by atoms with Crippen LogP contribution in [0, 0.1) is 5.92 Å². The smallest absolute Gasteiger partial charge is 0.151 e.